The van der Waals surface area contributed by atoms with Crippen LogP contribution in [0.5, 0.6) is 0 Å². The first-order valence-electron chi connectivity index (χ1n) is 6.19. The molecule has 5 nitrogen and oxygen atoms in total. The number of carbonyl (C=O) groups is 1. The number of rotatable bonds is 6. The van der Waals surface area contributed by atoms with Crippen LogP contribution in [0.2, 0.25) is 0 Å². The van der Waals surface area contributed by atoms with Gasteiger partial charge >= 0.3 is 0 Å². The molecule has 2 rings (SSSR count). The zero-order valence-electron chi connectivity index (χ0n) is 11.2. The van der Waals surface area contributed by atoms with Gasteiger partial charge in [-0.1, -0.05) is 12.1 Å². The van der Waals surface area contributed by atoms with Crippen molar-refractivity contribution in [1.82, 2.24) is 9.78 Å². The van der Waals surface area contributed by atoms with Gasteiger partial charge in [0.25, 0.3) is 0 Å². The molecule has 106 valence electrons. The van der Waals surface area contributed by atoms with Crippen LogP contribution in [-0.2, 0) is 17.7 Å². The molecule has 6 heteroatoms. The quantitative estimate of drug-likeness (QED) is 0.648. The fraction of sp³-hybridized carbons (Fsp3) is 0.286. The number of halogens is 1. The van der Waals surface area contributed by atoms with Gasteiger partial charge in [0.05, 0.1) is 23.8 Å². The number of nitrogens with two attached hydrogens (primary N) is 1. The van der Waals surface area contributed by atoms with Crippen molar-refractivity contribution in [2.24, 2.45) is 0 Å². The molecule has 2 aromatic rings. The van der Waals surface area contributed by atoms with Crippen LogP contribution < -0.4 is 5.73 Å². The lowest BCUT2D eigenvalue weighted by Crippen LogP contribution is -2.15. The highest BCUT2D eigenvalue weighted by molar-refractivity contribution is 9.10. The van der Waals surface area contributed by atoms with Crippen molar-refractivity contribution < 1.29 is 9.53 Å². The number of nitrogens with zero attached hydrogens (tertiary/aromatic N) is 2. The third-order valence-corrected chi connectivity index (χ3v) is 3.49. The van der Waals surface area contributed by atoms with E-state index in [1.54, 1.807) is 30.1 Å². The standard InChI is InChI=1S/C14H16BrN3O2/c1-20-7-6-18-14(12(15)9-17-18)13(19)8-10-2-4-11(16)5-3-10/h2-5,9H,6-8,16H2,1H3. The summed E-state index contributed by atoms with van der Waals surface area (Å²) in [6, 6.07) is 7.30. The van der Waals surface area contributed by atoms with Crippen LogP contribution in [0.15, 0.2) is 34.9 Å². The van der Waals surface area contributed by atoms with Crippen LogP contribution in [0.25, 0.3) is 0 Å². The summed E-state index contributed by atoms with van der Waals surface area (Å²) >= 11 is 3.37. The van der Waals surface area contributed by atoms with Crippen LogP contribution in [0, 0.1) is 0 Å². The van der Waals surface area contributed by atoms with Gasteiger partial charge in [-0.25, -0.2) is 0 Å². The first kappa shape index (κ1) is 14.7. The first-order chi connectivity index (χ1) is 9.61. The molecule has 0 atom stereocenters. The van der Waals surface area contributed by atoms with E-state index in [1.807, 2.05) is 12.1 Å². The number of hydrogen-bond acceptors (Lipinski definition) is 4. The minimum atomic E-state index is 0.00949. The van der Waals surface area contributed by atoms with Gasteiger partial charge in [0.15, 0.2) is 5.78 Å². The predicted molar refractivity (Wildman–Crippen MR) is 80.7 cm³/mol. The van der Waals surface area contributed by atoms with Crippen molar-refractivity contribution >= 4 is 27.4 Å². The number of nitrogen functional groups attached to an aromatic ring is 1. The van der Waals surface area contributed by atoms with Gasteiger partial charge in [-0.3, -0.25) is 9.48 Å². The van der Waals surface area contributed by atoms with E-state index >= 15 is 0 Å². The Morgan fingerprint density at radius 3 is 2.75 bits per heavy atom. The van der Waals surface area contributed by atoms with E-state index in [2.05, 4.69) is 21.0 Å². The molecule has 1 heterocycles. The second kappa shape index (κ2) is 6.67. The maximum absolute atomic E-state index is 12.4. The number of Topliss-reactive ketones (excluding diaryl/α,β-unsaturated/α-hetero) is 1. The first-order valence-corrected chi connectivity index (χ1v) is 6.99. The minimum Gasteiger partial charge on any atom is -0.399 e. The van der Waals surface area contributed by atoms with E-state index in [0.29, 0.717) is 35.4 Å². The van der Waals surface area contributed by atoms with Crippen LogP contribution in [0.1, 0.15) is 16.1 Å². The molecule has 0 bridgehead atoms. The number of ether oxygens (including phenoxy) is 1. The van der Waals surface area contributed by atoms with Crippen molar-refractivity contribution in [2.45, 2.75) is 13.0 Å². The van der Waals surface area contributed by atoms with Gasteiger partial charge in [-0.15, -0.1) is 0 Å². The summed E-state index contributed by atoms with van der Waals surface area (Å²) in [7, 11) is 1.62. The zero-order valence-corrected chi connectivity index (χ0v) is 12.8. The fourth-order valence-electron chi connectivity index (χ4n) is 1.89. The third-order valence-electron chi connectivity index (χ3n) is 2.91. The third kappa shape index (κ3) is 3.46. The Bertz CT molecular complexity index is 593. The molecule has 1 aromatic heterocycles. The molecule has 0 spiro atoms. The van der Waals surface area contributed by atoms with Gasteiger partial charge in [0.2, 0.25) is 0 Å². The van der Waals surface area contributed by atoms with Crippen molar-refractivity contribution in [2.75, 3.05) is 19.5 Å². The maximum atomic E-state index is 12.4. The highest BCUT2D eigenvalue weighted by Crippen LogP contribution is 2.19. The summed E-state index contributed by atoms with van der Waals surface area (Å²) in [4.78, 5) is 12.4. The van der Waals surface area contributed by atoms with Gasteiger partial charge in [-0.05, 0) is 33.6 Å². The van der Waals surface area contributed by atoms with Crippen LogP contribution in [-0.4, -0.2) is 29.3 Å². The van der Waals surface area contributed by atoms with E-state index in [4.69, 9.17) is 10.5 Å². The Balaban J connectivity index is 2.16. The van der Waals surface area contributed by atoms with Crippen LogP contribution in [0.4, 0.5) is 5.69 Å². The summed E-state index contributed by atoms with van der Waals surface area (Å²) in [5.41, 5.74) is 7.82. The fourth-order valence-corrected chi connectivity index (χ4v) is 2.41. The van der Waals surface area contributed by atoms with Gasteiger partial charge in [0.1, 0.15) is 5.69 Å². The molecular formula is C14H16BrN3O2. The SMILES string of the molecule is COCCn1ncc(Br)c1C(=O)Cc1ccc(N)cc1. The number of benzene rings is 1. The largest absolute Gasteiger partial charge is 0.399 e. The average molecular weight is 338 g/mol. The lowest BCUT2D eigenvalue weighted by molar-refractivity contribution is 0.0978. The molecule has 0 saturated carbocycles. The Kier molecular flexibility index (Phi) is 4.92. The zero-order chi connectivity index (χ0) is 14.5. The number of carbonyl (C=O) groups excluding carboxylic acids is 1. The molecule has 0 aliphatic carbocycles. The van der Waals surface area contributed by atoms with Gasteiger partial charge in [-0.2, -0.15) is 5.10 Å². The van der Waals surface area contributed by atoms with E-state index in [0.717, 1.165) is 5.56 Å². The van der Waals surface area contributed by atoms with E-state index < -0.39 is 0 Å². The van der Waals surface area contributed by atoms with Crippen LogP contribution in [0.3, 0.4) is 0 Å². The molecule has 0 unspecified atom stereocenters. The van der Waals surface area contributed by atoms with Crippen molar-refractivity contribution in [3.8, 4) is 0 Å². The molecule has 0 aliphatic rings. The lowest BCUT2D eigenvalue weighted by atomic mass is 10.1. The van der Waals surface area contributed by atoms with Crippen molar-refractivity contribution in [3.63, 3.8) is 0 Å². The lowest BCUT2D eigenvalue weighted by Gasteiger charge is -2.07. The second-order valence-electron chi connectivity index (χ2n) is 4.40. The monoisotopic (exact) mass is 337 g/mol. The second-order valence-corrected chi connectivity index (χ2v) is 5.25. The molecule has 2 N–H and O–H groups in total. The molecule has 0 radical (unpaired) electrons. The van der Waals surface area contributed by atoms with E-state index in [9.17, 15) is 4.79 Å². The molecular weight excluding hydrogens is 322 g/mol. The highest BCUT2D eigenvalue weighted by Gasteiger charge is 2.17. The molecule has 20 heavy (non-hydrogen) atoms. The van der Waals surface area contributed by atoms with Gasteiger partial charge < -0.3 is 10.5 Å². The Morgan fingerprint density at radius 1 is 1.40 bits per heavy atom. The number of ketones is 1. The molecule has 0 saturated heterocycles. The number of aromatic nitrogens is 2. The summed E-state index contributed by atoms with van der Waals surface area (Å²) < 4.78 is 7.38. The highest BCUT2D eigenvalue weighted by atomic mass is 79.9. The normalized spacial score (nSPS) is 10.7. The molecule has 0 fully saturated rings. The Hall–Kier alpha value is -1.66. The molecule has 0 amide bonds. The summed E-state index contributed by atoms with van der Waals surface area (Å²) in [6.07, 6.45) is 1.95. The Labute approximate surface area is 125 Å². The summed E-state index contributed by atoms with van der Waals surface area (Å²) in [5, 5.41) is 4.18. The van der Waals surface area contributed by atoms with Gasteiger partial charge in [0, 0.05) is 19.2 Å². The minimum absolute atomic E-state index is 0.00949. The van der Waals surface area contributed by atoms with Crippen molar-refractivity contribution in [3.05, 3.63) is 46.2 Å². The van der Waals surface area contributed by atoms with Crippen LogP contribution >= 0.6 is 15.9 Å². The summed E-state index contributed by atoms with van der Waals surface area (Å²) in [6.45, 7) is 1.06. The molecule has 1 aromatic carbocycles. The van der Waals surface area contributed by atoms with E-state index in [1.165, 1.54) is 0 Å². The predicted octanol–water partition coefficient (Wildman–Crippen LogP) is 2.30. The van der Waals surface area contributed by atoms with Crippen molar-refractivity contribution in [1.29, 1.82) is 0 Å². The number of anilines is 1. The molecule has 0 aliphatic heterocycles. The average Bonchev–Trinajstić information content (AvgIpc) is 2.80. The maximum Gasteiger partial charge on any atom is 0.186 e. The summed E-state index contributed by atoms with van der Waals surface area (Å²) in [5.74, 6) is 0.00949. The number of methoxy groups -OCH3 is 1. The Morgan fingerprint density at radius 2 is 2.10 bits per heavy atom. The number of hydrogen-bond donors (Lipinski definition) is 1. The van der Waals surface area contributed by atoms with E-state index in [-0.39, 0.29) is 5.78 Å². The smallest absolute Gasteiger partial charge is 0.186 e. The topological polar surface area (TPSA) is 70.1 Å².